The lowest BCUT2D eigenvalue weighted by Gasteiger charge is -2.12. The molecule has 3 rings (SSSR count). The summed E-state index contributed by atoms with van der Waals surface area (Å²) in [5, 5.41) is 7.46. The number of hydrogen-bond donors (Lipinski definition) is 1. The fraction of sp³-hybridized carbons (Fsp3) is 0.412. The Balaban J connectivity index is 1.90. The molecule has 0 bridgehead atoms. The number of carbonyl (C=O) groups is 1. The molecule has 1 N–H and O–H groups in total. The third kappa shape index (κ3) is 2.99. The maximum Gasteiger partial charge on any atom is 0.254 e. The van der Waals surface area contributed by atoms with Gasteiger partial charge in [-0.2, -0.15) is 5.10 Å². The maximum atomic E-state index is 12.4. The molecule has 0 saturated heterocycles. The Kier molecular flexibility index (Phi) is 3.78. The zero-order valence-corrected chi connectivity index (χ0v) is 12.5. The molecule has 2 aromatic rings. The Labute approximate surface area is 125 Å². The lowest BCUT2D eigenvalue weighted by atomic mass is 10.0. The van der Waals surface area contributed by atoms with Gasteiger partial charge in [0.1, 0.15) is 0 Å². The molecule has 4 heteroatoms. The minimum absolute atomic E-state index is 0.00668. The van der Waals surface area contributed by atoms with Gasteiger partial charge in [-0.05, 0) is 36.8 Å². The monoisotopic (exact) mass is 283 g/mol. The van der Waals surface area contributed by atoms with E-state index in [0.29, 0.717) is 11.5 Å². The molecule has 1 aromatic heterocycles. The summed E-state index contributed by atoms with van der Waals surface area (Å²) in [5.74, 6) is 0.905. The van der Waals surface area contributed by atoms with Crippen molar-refractivity contribution in [2.75, 3.05) is 6.54 Å². The van der Waals surface area contributed by atoms with Gasteiger partial charge in [0.15, 0.2) is 0 Å². The smallest absolute Gasteiger partial charge is 0.254 e. The van der Waals surface area contributed by atoms with Crippen molar-refractivity contribution in [3.05, 3.63) is 47.8 Å². The van der Waals surface area contributed by atoms with Gasteiger partial charge in [0.05, 0.1) is 23.1 Å². The van der Waals surface area contributed by atoms with Gasteiger partial charge in [-0.3, -0.25) is 4.79 Å². The highest BCUT2D eigenvalue weighted by molar-refractivity contribution is 5.95. The number of amides is 1. The molecule has 4 nitrogen and oxygen atoms in total. The predicted octanol–water partition coefficient (Wildman–Crippen LogP) is 3.14. The van der Waals surface area contributed by atoms with Gasteiger partial charge >= 0.3 is 0 Å². The molecule has 1 aromatic carbocycles. The highest BCUT2D eigenvalue weighted by Crippen LogP contribution is 2.28. The van der Waals surface area contributed by atoms with Crippen LogP contribution < -0.4 is 5.32 Å². The van der Waals surface area contributed by atoms with Crippen molar-refractivity contribution in [2.24, 2.45) is 5.92 Å². The van der Waals surface area contributed by atoms with E-state index in [0.717, 1.165) is 17.9 Å². The van der Waals surface area contributed by atoms with Crippen LogP contribution in [0, 0.1) is 5.92 Å². The predicted molar refractivity (Wildman–Crippen MR) is 82.7 cm³/mol. The van der Waals surface area contributed by atoms with Crippen LogP contribution in [-0.4, -0.2) is 22.2 Å². The normalized spacial score (nSPS) is 14.4. The molecule has 1 aliphatic carbocycles. The molecule has 0 atom stereocenters. The van der Waals surface area contributed by atoms with E-state index in [9.17, 15) is 4.79 Å². The third-order valence-corrected chi connectivity index (χ3v) is 3.85. The molecule has 0 radical (unpaired) electrons. The average molecular weight is 283 g/mol. The first-order chi connectivity index (χ1) is 10.2. The van der Waals surface area contributed by atoms with Crippen LogP contribution in [0.15, 0.2) is 36.5 Å². The molecular formula is C17H21N3O. The average Bonchev–Trinajstić information content (AvgIpc) is 3.21. The highest BCUT2D eigenvalue weighted by atomic mass is 16.1. The van der Waals surface area contributed by atoms with Crippen LogP contribution in [0.1, 0.15) is 48.7 Å². The number of hydrogen-bond acceptors (Lipinski definition) is 2. The summed E-state index contributed by atoms with van der Waals surface area (Å²) in [6.07, 6.45) is 4.16. The van der Waals surface area contributed by atoms with Crippen LogP contribution in [-0.2, 0) is 0 Å². The molecule has 0 spiro atoms. The summed E-state index contributed by atoms with van der Waals surface area (Å²) < 4.78 is 1.87. The number of para-hydroxylation sites is 1. The van der Waals surface area contributed by atoms with E-state index in [1.54, 1.807) is 6.20 Å². The van der Waals surface area contributed by atoms with Crippen molar-refractivity contribution < 1.29 is 4.79 Å². The quantitative estimate of drug-likeness (QED) is 0.916. The Morgan fingerprint density at radius 2 is 2.05 bits per heavy atom. The first-order valence-corrected chi connectivity index (χ1v) is 7.58. The van der Waals surface area contributed by atoms with Crippen LogP contribution in [0.3, 0.4) is 0 Å². The summed E-state index contributed by atoms with van der Waals surface area (Å²) in [7, 11) is 0. The second-order valence-corrected chi connectivity index (χ2v) is 6.00. The van der Waals surface area contributed by atoms with Gasteiger partial charge in [-0.15, -0.1) is 0 Å². The van der Waals surface area contributed by atoms with Crippen LogP contribution in [0.2, 0.25) is 0 Å². The van der Waals surface area contributed by atoms with Gasteiger partial charge in [-0.1, -0.05) is 32.0 Å². The van der Waals surface area contributed by atoms with Crippen molar-refractivity contribution in [3.8, 4) is 5.69 Å². The lowest BCUT2D eigenvalue weighted by molar-refractivity contribution is 0.0950. The molecule has 0 unspecified atom stereocenters. The maximum absolute atomic E-state index is 12.4. The zero-order chi connectivity index (χ0) is 14.8. The van der Waals surface area contributed by atoms with Crippen molar-refractivity contribution >= 4 is 5.91 Å². The second-order valence-electron chi connectivity index (χ2n) is 6.00. The molecule has 1 heterocycles. The SMILES string of the molecule is CC(C)c1c(C(=O)NCC2CC2)cnn1-c1ccccc1. The molecule has 1 fully saturated rings. The number of benzene rings is 1. The third-order valence-electron chi connectivity index (χ3n) is 3.85. The number of nitrogens with one attached hydrogen (secondary N) is 1. The number of rotatable bonds is 5. The van der Waals surface area contributed by atoms with E-state index < -0.39 is 0 Å². The fourth-order valence-electron chi connectivity index (χ4n) is 2.52. The lowest BCUT2D eigenvalue weighted by Crippen LogP contribution is -2.26. The first kappa shape index (κ1) is 13.9. The van der Waals surface area contributed by atoms with Crippen molar-refractivity contribution in [1.82, 2.24) is 15.1 Å². The Morgan fingerprint density at radius 1 is 1.33 bits per heavy atom. The van der Waals surface area contributed by atoms with Gasteiger partial charge < -0.3 is 5.32 Å². The van der Waals surface area contributed by atoms with Crippen LogP contribution in [0.4, 0.5) is 0 Å². The van der Waals surface area contributed by atoms with Crippen molar-refractivity contribution in [1.29, 1.82) is 0 Å². The van der Waals surface area contributed by atoms with Crippen LogP contribution >= 0.6 is 0 Å². The van der Waals surface area contributed by atoms with E-state index in [4.69, 9.17) is 0 Å². The number of nitrogens with zero attached hydrogens (tertiary/aromatic N) is 2. The van der Waals surface area contributed by atoms with Crippen molar-refractivity contribution in [2.45, 2.75) is 32.6 Å². The highest BCUT2D eigenvalue weighted by Gasteiger charge is 2.24. The first-order valence-electron chi connectivity index (χ1n) is 7.58. The largest absolute Gasteiger partial charge is 0.352 e. The fourth-order valence-corrected chi connectivity index (χ4v) is 2.52. The molecule has 1 amide bonds. The molecule has 1 saturated carbocycles. The second kappa shape index (κ2) is 5.72. The number of aromatic nitrogens is 2. The van der Waals surface area contributed by atoms with E-state index >= 15 is 0 Å². The Bertz CT molecular complexity index is 627. The minimum atomic E-state index is -0.00668. The van der Waals surface area contributed by atoms with E-state index in [1.165, 1.54) is 12.8 Å². The van der Waals surface area contributed by atoms with Gasteiger partial charge in [0.2, 0.25) is 0 Å². The summed E-state index contributed by atoms with van der Waals surface area (Å²) in [6.45, 7) is 4.97. The van der Waals surface area contributed by atoms with Gasteiger partial charge in [0.25, 0.3) is 5.91 Å². The summed E-state index contributed by atoms with van der Waals surface area (Å²) >= 11 is 0. The minimum Gasteiger partial charge on any atom is -0.352 e. The van der Waals surface area contributed by atoms with Crippen molar-refractivity contribution in [3.63, 3.8) is 0 Å². The van der Waals surface area contributed by atoms with Gasteiger partial charge in [0, 0.05) is 6.54 Å². The molecule has 21 heavy (non-hydrogen) atoms. The number of carbonyl (C=O) groups excluding carboxylic acids is 1. The summed E-state index contributed by atoms with van der Waals surface area (Å²) in [5.41, 5.74) is 2.64. The Hall–Kier alpha value is -2.10. The van der Waals surface area contributed by atoms with E-state index in [2.05, 4.69) is 24.3 Å². The zero-order valence-electron chi connectivity index (χ0n) is 12.5. The van der Waals surface area contributed by atoms with Crippen LogP contribution in [0.25, 0.3) is 5.69 Å². The summed E-state index contributed by atoms with van der Waals surface area (Å²) in [6, 6.07) is 9.95. The van der Waals surface area contributed by atoms with E-state index in [-0.39, 0.29) is 11.8 Å². The molecular weight excluding hydrogens is 262 g/mol. The molecule has 110 valence electrons. The van der Waals surface area contributed by atoms with Gasteiger partial charge in [-0.25, -0.2) is 4.68 Å². The standard InChI is InChI=1S/C17H21N3O/c1-12(2)16-15(17(21)18-10-13-8-9-13)11-19-20(16)14-6-4-3-5-7-14/h3-7,11-13H,8-10H2,1-2H3,(H,18,21). The molecule has 1 aliphatic rings. The topological polar surface area (TPSA) is 46.9 Å². The summed E-state index contributed by atoms with van der Waals surface area (Å²) in [4.78, 5) is 12.4. The van der Waals surface area contributed by atoms with E-state index in [1.807, 2.05) is 35.0 Å². The van der Waals surface area contributed by atoms with Crippen LogP contribution in [0.5, 0.6) is 0 Å². The molecule has 0 aliphatic heterocycles. The Morgan fingerprint density at radius 3 is 2.67 bits per heavy atom.